The van der Waals surface area contributed by atoms with Gasteiger partial charge in [-0.2, -0.15) is 0 Å². The molecule has 0 radical (unpaired) electrons. The molecular formula is C27H28N4O5S3. The number of carbonyl (C=O) groups excluding carboxylic acids is 3. The fourth-order valence-corrected chi connectivity index (χ4v) is 6.67. The predicted molar refractivity (Wildman–Crippen MR) is 155 cm³/mol. The minimum Gasteiger partial charge on any atom is -0.462 e. The molecule has 12 heteroatoms. The summed E-state index contributed by atoms with van der Waals surface area (Å²) in [5.74, 6) is -0.788. The van der Waals surface area contributed by atoms with E-state index in [4.69, 9.17) is 9.47 Å². The van der Waals surface area contributed by atoms with Gasteiger partial charge in [-0.05, 0) is 38.8 Å². The largest absolute Gasteiger partial charge is 0.462 e. The Kier molecular flexibility index (Phi) is 9.20. The molecule has 1 N–H and O–H groups in total. The second-order valence-electron chi connectivity index (χ2n) is 8.35. The van der Waals surface area contributed by atoms with Gasteiger partial charge in [-0.1, -0.05) is 42.1 Å². The van der Waals surface area contributed by atoms with Gasteiger partial charge >= 0.3 is 11.9 Å². The Labute approximate surface area is 238 Å². The SMILES string of the molecule is CCOC(=O)c1sc(NC(=O)CSc2nnc(-c3csc(C)c3-c3ccccc3)n2C)c(C(=O)OCC)c1C. The molecule has 0 saturated carbocycles. The zero-order valence-electron chi connectivity index (χ0n) is 22.2. The lowest BCUT2D eigenvalue weighted by molar-refractivity contribution is -0.113. The zero-order chi connectivity index (χ0) is 28.1. The van der Waals surface area contributed by atoms with Crippen molar-refractivity contribution in [3.8, 4) is 22.5 Å². The van der Waals surface area contributed by atoms with E-state index in [0.29, 0.717) is 16.5 Å². The van der Waals surface area contributed by atoms with Crippen LogP contribution in [0, 0.1) is 13.8 Å². The Balaban J connectivity index is 1.52. The third-order valence-electron chi connectivity index (χ3n) is 5.79. The van der Waals surface area contributed by atoms with Crippen LogP contribution in [-0.4, -0.2) is 51.6 Å². The van der Waals surface area contributed by atoms with Crippen molar-refractivity contribution in [2.24, 2.45) is 7.05 Å². The molecule has 9 nitrogen and oxygen atoms in total. The van der Waals surface area contributed by atoms with Crippen LogP contribution in [0.5, 0.6) is 0 Å². The predicted octanol–water partition coefficient (Wildman–Crippen LogP) is 5.97. The lowest BCUT2D eigenvalue weighted by atomic mass is 10.0. The van der Waals surface area contributed by atoms with Crippen molar-refractivity contribution in [2.45, 2.75) is 32.9 Å². The Morgan fingerprint density at radius 1 is 1.03 bits per heavy atom. The van der Waals surface area contributed by atoms with Crippen LogP contribution < -0.4 is 5.32 Å². The number of rotatable bonds is 10. The number of amides is 1. The smallest absolute Gasteiger partial charge is 0.348 e. The fourth-order valence-electron chi connectivity index (χ4n) is 3.99. The Bertz CT molecular complexity index is 1510. The number of esters is 2. The van der Waals surface area contributed by atoms with E-state index in [1.807, 2.05) is 29.8 Å². The zero-order valence-corrected chi connectivity index (χ0v) is 24.6. The average Bonchev–Trinajstić information content (AvgIpc) is 3.57. The summed E-state index contributed by atoms with van der Waals surface area (Å²) in [5, 5.41) is 14.4. The summed E-state index contributed by atoms with van der Waals surface area (Å²) in [5.41, 5.74) is 3.77. The number of ether oxygens (including phenoxy) is 2. The van der Waals surface area contributed by atoms with Gasteiger partial charge in [0.2, 0.25) is 5.91 Å². The lowest BCUT2D eigenvalue weighted by Gasteiger charge is -2.08. The van der Waals surface area contributed by atoms with Crippen LogP contribution in [0.15, 0.2) is 40.9 Å². The quantitative estimate of drug-likeness (QED) is 0.179. The molecule has 0 atom stereocenters. The number of hydrogen-bond donors (Lipinski definition) is 1. The molecule has 0 unspecified atom stereocenters. The van der Waals surface area contributed by atoms with Gasteiger partial charge in [0.1, 0.15) is 9.88 Å². The molecule has 204 valence electrons. The summed E-state index contributed by atoms with van der Waals surface area (Å²) in [6.45, 7) is 7.47. The monoisotopic (exact) mass is 584 g/mol. The maximum absolute atomic E-state index is 12.9. The van der Waals surface area contributed by atoms with Gasteiger partial charge in [-0.15, -0.1) is 32.9 Å². The average molecular weight is 585 g/mol. The van der Waals surface area contributed by atoms with Crippen LogP contribution in [0.2, 0.25) is 0 Å². The maximum atomic E-state index is 12.9. The van der Waals surface area contributed by atoms with Gasteiger partial charge in [0.15, 0.2) is 11.0 Å². The van der Waals surface area contributed by atoms with Crippen molar-refractivity contribution < 1.29 is 23.9 Å². The molecule has 0 aliphatic heterocycles. The van der Waals surface area contributed by atoms with Crippen LogP contribution in [-0.2, 0) is 21.3 Å². The Hall–Kier alpha value is -3.48. The Morgan fingerprint density at radius 2 is 1.72 bits per heavy atom. The normalized spacial score (nSPS) is 10.9. The number of hydrogen-bond acceptors (Lipinski definition) is 10. The topological polar surface area (TPSA) is 112 Å². The highest BCUT2D eigenvalue weighted by Crippen LogP contribution is 2.39. The van der Waals surface area contributed by atoms with E-state index in [-0.39, 0.29) is 40.3 Å². The second kappa shape index (κ2) is 12.6. The van der Waals surface area contributed by atoms with E-state index in [1.54, 1.807) is 32.1 Å². The first-order chi connectivity index (χ1) is 18.8. The summed E-state index contributed by atoms with van der Waals surface area (Å²) >= 11 is 3.87. The molecule has 1 amide bonds. The number of benzene rings is 1. The van der Waals surface area contributed by atoms with E-state index in [1.165, 1.54) is 16.6 Å². The van der Waals surface area contributed by atoms with Gasteiger partial charge in [0.05, 0.1) is 24.5 Å². The number of thiophene rings is 2. The number of nitrogens with zero attached hydrogens (tertiary/aromatic N) is 3. The molecule has 3 heterocycles. The number of aromatic nitrogens is 3. The van der Waals surface area contributed by atoms with Crippen LogP contribution >= 0.6 is 34.4 Å². The van der Waals surface area contributed by atoms with E-state index < -0.39 is 11.9 Å². The molecule has 0 fully saturated rings. The van der Waals surface area contributed by atoms with E-state index >= 15 is 0 Å². The standard InChI is InChI=1S/C27H28N4O5S3/c1-6-35-25(33)20-15(3)22(26(34)36-7-2)39-24(20)28-19(32)14-38-27-30-29-23(31(27)5)18-13-37-16(4)21(18)17-11-9-8-10-12-17/h8-13H,6-7,14H2,1-5H3,(H,28,32). The molecule has 0 spiro atoms. The van der Waals surface area contributed by atoms with Crippen molar-refractivity contribution >= 4 is 57.3 Å². The molecule has 0 aliphatic rings. The molecule has 4 rings (SSSR count). The summed E-state index contributed by atoms with van der Waals surface area (Å²) < 4.78 is 12.1. The van der Waals surface area contributed by atoms with Crippen molar-refractivity contribution in [3.05, 3.63) is 56.6 Å². The molecule has 4 aromatic rings. The minimum atomic E-state index is -0.608. The number of thioether (sulfide) groups is 1. The summed E-state index contributed by atoms with van der Waals surface area (Å²) in [6.07, 6.45) is 0. The molecular weight excluding hydrogens is 557 g/mol. The molecule has 39 heavy (non-hydrogen) atoms. The molecule has 1 aromatic carbocycles. The molecule has 0 bridgehead atoms. The van der Waals surface area contributed by atoms with Crippen molar-refractivity contribution in [2.75, 3.05) is 24.3 Å². The first-order valence-electron chi connectivity index (χ1n) is 12.2. The van der Waals surface area contributed by atoms with Gasteiger partial charge in [0, 0.05) is 28.4 Å². The van der Waals surface area contributed by atoms with Crippen molar-refractivity contribution in [1.82, 2.24) is 14.8 Å². The number of carbonyl (C=O) groups is 3. The third kappa shape index (κ3) is 6.07. The van der Waals surface area contributed by atoms with Gasteiger partial charge in [-0.25, -0.2) is 9.59 Å². The van der Waals surface area contributed by atoms with Crippen molar-refractivity contribution in [1.29, 1.82) is 0 Å². The first-order valence-corrected chi connectivity index (χ1v) is 14.9. The van der Waals surface area contributed by atoms with Gasteiger partial charge < -0.3 is 19.4 Å². The van der Waals surface area contributed by atoms with Crippen molar-refractivity contribution in [3.63, 3.8) is 0 Å². The maximum Gasteiger partial charge on any atom is 0.348 e. The number of nitrogens with one attached hydrogen (secondary N) is 1. The number of aryl methyl sites for hydroxylation is 1. The van der Waals surface area contributed by atoms with E-state index in [2.05, 4.69) is 40.0 Å². The minimum absolute atomic E-state index is 0.0220. The lowest BCUT2D eigenvalue weighted by Crippen LogP contribution is -2.16. The molecule has 3 aromatic heterocycles. The van der Waals surface area contributed by atoms with Gasteiger partial charge in [-0.3, -0.25) is 4.79 Å². The fraction of sp³-hybridized carbons (Fsp3) is 0.296. The summed E-state index contributed by atoms with van der Waals surface area (Å²) in [7, 11) is 1.87. The highest BCUT2D eigenvalue weighted by Gasteiger charge is 2.27. The number of anilines is 1. The van der Waals surface area contributed by atoms with Crippen LogP contribution in [0.25, 0.3) is 22.5 Å². The summed E-state index contributed by atoms with van der Waals surface area (Å²) in [4.78, 5) is 39.3. The highest BCUT2D eigenvalue weighted by molar-refractivity contribution is 7.99. The first kappa shape index (κ1) is 28.5. The Morgan fingerprint density at radius 3 is 2.41 bits per heavy atom. The molecule has 0 saturated heterocycles. The third-order valence-corrected chi connectivity index (χ3v) is 8.90. The van der Waals surface area contributed by atoms with Crippen LogP contribution in [0.4, 0.5) is 5.00 Å². The second-order valence-corrected chi connectivity index (χ2v) is 11.4. The van der Waals surface area contributed by atoms with Crippen LogP contribution in [0.1, 0.15) is 44.3 Å². The van der Waals surface area contributed by atoms with E-state index in [0.717, 1.165) is 28.0 Å². The van der Waals surface area contributed by atoms with Crippen LogP contribution in [0.3, 0.4) is 0 Å². The van der Waals surface area contributed by atoms with E-state index in [9.17, 15) is 14.4 Å². The van der Waals surface area contributed by atoms with Gasteiger partial charge in [0.25, 0.3) is 0 Å². The molecule has 0 aliphatic carbocycles. The highest BCUT2D eigenvalue weighted by atomic mass is 32.2. The summed E-state index contributed by atoms with van der Waals surface area (Å²) in [6, 6.07) is 10.1.